The van der Waals surface area contributed by atoms with Crippen molar-refractivity contribution in [3.63, 3.8) is 0 Å². The van der Waals surface area contributed by atoms with E-state index in [1.165, 1.54) is 0 Å². The molecule has 0 aliphatic carbocycles. The summed E-state index contributed by atoms with van der Waals surface area (Å²) in [5.41, 5.74) is 9.00. The molecule has 1 aromatic carbocycles. The standard InChI is InChI=1S/C15H20N2O3.ClH/c1-9-11(2-3-12-13(9)8-20-15(12)19)14(18)7-17-5-10(4-16)6-17;/h2-3,10,14,18H,4-8,16H2,1H3;1H. The minimum Gasteiger partial charge on any atom is -0.457 e. The topological polar surface area (TPSA) is 75.8 Å². The van der Waals surface area contributed by atoms with E-state index in [0.29, 0.717) is 31.2 Å². The van der Waals surface area contributed by atoms with Crippen LogP contribution in [0.25, 0.3) is 0 Å². The van der Waals surface area contributed by atoms with E-state index in [4.69, 9.17) is 10.5 Å². The molecule has 5 nitrogen and oxygen atoms in total. The Hall–Kier alpha value is -1.14. The highest BCUT2D eigenvalue weighted by atomic mass is 35.5. The zero-order chi connectivity index (χ0) is 14.3. The van der Waals surface area contributed by atoms with Crippen molar-refractivity contribution in [3.05, 3.63) is 34.4 Å². The summed E-state index contributed by atoms with van der Waals surface area (Å²) in [4.78, 5) is 13.7. The van der Waals surface area contributed by atoms with Crippen LogP contribution in [0.15, 0.2) is 12.1 Å². The Morgan fingerprint density at radius 2 is 2.19 bits per heavy atom. The Bertz CT molecular complexity index is 544. The number of nitrogens with zero attached hydrogens (tertiary/aromatic N) is 1. The largest absolute Gasteiger partial charge is 0.457 e. The van der Waals surface area contributed by atoms with Crippen molar-refractivity contribution in [2.24, 2.45) is 11.7 Å². The first kappa shape index (κ1) is 16.2. The number of nitrogens with two attached hydrogens (primary N) is 1. The number of likely N-dealkylation sites (tertiary alicyclic amines) is 1. The van der Waals surface area contributed by atoms with E-state index >= 15 is 0 Å². The third kappa shape index (κ3) is 2.92. The molecule has 1 unspecified atom stereocenters. The van der Waals surface area contributed by atoms with Crippen LogP contribution in [0.4, 0.5) is 0 Å². The average Bonchev–Trinajstić information content (AvgIpc) is 2.76. The van der Waals surface area contributed by atoms with Crippen LogP contribution in [0.2, 0.25) is 0 Å². The van der Waals surface area contributed by atoms with Gasteiger partial charge in [-0.05, 0) is 36.6 Å². The third-order valence-electron chi connectivity index (χ3n) is 4.36. The number of esters is 1. The van der Waals surface area contributed by atoms with Crippen LogP contribution in [0.3, 0.4) is 0 Å². The summed E-state index contributed by atoms with van der Waals surface area (Å²) in [5.74, 6) is 0.298. The number of hydrogen-bond acceptors (Lipinski definition) is 5. The van der Waals surface area contributed by atoms with Gasteiger partial charge in [-0.3, -0.25) is 4.90 Å². The van der Waals surface area contributed by atoms with Crippen molar-refractivity contribution in [1.29, 1.82) is 0 Å². The number of aliphatic hydroxyl groups excluding tert-OH is 1. The molecule has 1 fully saturated rings. The minimum atomic E-state index is -0.533. The van der Waals surface area contributed by atoms with Crippen LogP contribution in [0.5, 0.6) is 0 Å². The van der Waals surface area contributed by atoms with Crippen molar-refractivity contribution in [2.75, 3.05) is 26.2 Å². The van der Waals surface area contributed by atoms with Gasteiger partial charge in [0.15, 0.2) is 0 Å². The van der Waals surface area contributed by atoms with Gasteiger partial charge in [0.1, 0.15) is 6.61 Å². The quantitative estimate of drug-likeness (QED) is 0.812. The van der Waals surface area contributed by atoms with Gasteiger partial charge >= 0.3 is 5.97 Å². The molecule has 0 saturated carbocycles. The third-order valence-corrected chi connectivity index (χ3v) is 4.36. The normalized spacial score (nSPS) is 19.5. The molecule has 1 aromatic rings. The number of β-amino-alcohol motifs (C(OH)–C–C–N with tert-alkyl or cyclic N) is 1. The van der Waals surface area contributed by atoms with Gasteiger partial charge in [-0.25, -0.2) is 4.79 Å². The predicted molar refractivity (Wildman–Crippen MR) is 81.5 cm³/mol. The molecule has 0 amide bonds. The smallest absolute Gasteiger partial charge is 0.338 e. The summed E-state index contributed by atoms with van der Waals surface area (Å²) in [5, 5.41) is 10.4. The lowest BCUT2D eigenvalue weighted by atomic mass is 9.93. The molecule has 6 heteroatoms. The number of aliphatic hydroxyl groups is 1. The van der Waals surface area contributed by atoms with Crippen LogP contribution in [-0.4, -0.2) is 42.2 Å². The van der Waals surface area contributed by atoms with Crippen LogP contribution >= 0.6 is 12.4 Å². The summed E-state index contributed by atoms with van der Waals surface area (Å²) in [6, 6.07) is 3.60. The molecule has 2 heterocycles. The first-order valence-electron chi connectivity index (χ1n) is 7.00. The predicted octanol–water partition coefficient (Wildman–Crippen LogP) is 1.01. The summed E-state index contributed by atoms with van der Waals surface area (Å²) < 4.78 is 5.04. The van der Waals surface area contributed by atoms with E-state index in [0.717, 1.165) is 29.8 Å². The van der Waals surface area contributed by atoms with Gasteiger partial charge in [0, 0.05) is 25.2 Å². The van der Waals surface area contributed by atoms with Crippen LogP contribution in [0, 0.1) is 12.8 Å². The highest BCUT2D eigenvalue weighted by Gasteiger charge is 2.29. The van der Waals surface area contributed by atoms with Crippen LogP contribution in [0.1, 0.15) is 33.2 Å². The monoisotopic (exact) mass is 312 g/mol. The van der Waals surface area contributed by atoms with E-state index in [9.17, 15) is 9.90 Å². The molecule has 0 spiro atoms. The van der Waals surface area contributed by atoms with Gasteiger partial charge in [0.05, 0.1) is 11.7 Å². The fourth-order valence-corrected chi connectivity index (χ4v) is 3.05. The van der Waals surface area contributed by atoms with Crippen molar-refractivity contribution >= 4 is 18.4 Å². The number of halogens is 1. The Balaban J connectivity index is 0.00000161. The van der Waals surface area contributed by atoms with Gasteiger partial charge in [-0.1, -0.05) is 6.07 Å². The lowest BCUT2D eigenvalue weighted by molar-refractivity contribution is 0.0426. The minimum absolute atomic E-state index is 0. The lowest BCUT2D eigenvalue weighted by Crippen LogP contribution is -2.51. The fraction of sp³-hybridized carbons (Fsp3) is 0.533. The number of cyclic esters (lactones) is 1. The lowest BCUT2D eigenvalue weighted by Gasteiger charge is -2.39. The summed E-state index contributed by atoms with van der Waals surface area (Å²) in [7, 11) is 0. The Kier molecular flexibility index (Phi) is 4.88. The number of carbonyl (C=O) groups excluding carboxylic acids is 1. The second-order valence-corrected chi connectivity index (χ2v) is 5.72. The second-order valence-electron chi connectivity index (χ2n) is 5.72. The molecular weight excluding hydrogens is 292 g/mol. The van der Waals surface area contributed by atoms with E-state index in [-0.39, 0.29) is 18.4 Å². The number of rotatable bonds is 4. The van der Waals surface area contributed by atoms with E-state index < -0.39 is 6.10 Å². The number of fused-ring (bicyclic) bond motifs is 1. The number of ether oxygens (including phenoxy) is 1. The molecule has 1 saturated heterocycles. The van der Waals surface area contributed by atoms with Crippen molar-refractivity contribution < 1.29 is 14.6 Å². The van der Waals surface area contributed by atoms with E-state index in [1.807, 2.05) is 13.0 Å². The summed E-state index contributed by atoms with van der Waals surface area (Å²) in [6.45, 7) is 5.50. The SMILES string of the molecule is Cc1c(C(O)CN2CC(CN)C2)ccc2c1COC2=O.Cl. The van der Waals surface area contributed by atoms with E-state index in [1.54, 1.807) is 6.07 Å². The zero-order valence-corrected chi connectivity index (χ0v) is 12.9. The number of carbonyl (C=O) groups is 1. The molecular formula is C15H21ClN2O3. The second kappa shape index (κ2) is 6.32. The Morgan fingerprint density at radius 1 is 1.48 bits per heavy atom. The van der Waals surface area contributed by atoms with Gasteiger partial charge < -0.3 is 15.6 Å². The van der Waals surface area contributed by atoms with Crippen LogP contribution in [-0.2, 0) is 11.3 Å². The molecule has 0 aromatic heterocycles. The van der Waals surface area contributed by atoms with Crippen molar-refractivity contribution in [3.8, 4) is 0 Å². The Labute approximate surface area is 130 Å². The van der Waals surface area contributed by atoms with Crippen molar-refractivity contribution in [1.82, 2.24) is 4.90 Å². The highest BCUT2D eigenvalue weighted by molar-refractivity contribution is 5.93. The summed E-state index contributed by atoms with van der Waals surface area (Å²) in [6.07, 6.45) is -0.533. The maximum absolute atomic E-state index is 11.5. The first-order valence-corrected chi connectivity index (χ1v) is 7.00. The first-order chi connectivity index (χ1) is 9.60. The van der Waals surface area contributed by atoms with Crippen molar-refractivity contribution in [2.45, 2.75) is 19.6 Å². The molecule has 0 radical (unpaired) electrons. The molecule has 116 valence electrons. The molecule has 0 bridgehead atoms. The van der Waals surface area contributed by atoms with E-state index in [2.05, 4.69) is 4.90 Å². The van der Waals surface area contributed by atoms with Crippen LogP contribution < -0.4 is 5.73 Å². The van der Waals surface area contributed by atoms with Gasteiger partial charge in [-0.2, -0.15) is 0 Å². The average molecular weight is 313 g/mol. The summed E-state index contributed by atoms with van der Waals surface area (Å²) >= 11 is 0. The van der Waals surface area contributed by atoms with Gasteiger partial charge in [-0.15, -0.1) is 12.4 Å². The Morgan fingerprint density at radius 3 is 2.86 bits per heavy atom. The highest BCUT2D eigenvalue weighted by Crippen LogP contribution is 2.30. The van der Waals surface area contributed by atoms with Gasteiger partial charge in [0.2, 0.25) is 0 Å². The molecule has 2 aliphatic rings. The molecule has 3 rings (SSSR count). The molecule has 3 N–H and O–H groups in total. The fourth-order valence-electron chi connectivity index (χ4n) is 3.05. The van der Waals surface area contributed by atoms with Gasteiger partial charge in [0.25, 0.3) is 0 Å². The molecule has 1 atom stereocenters. The molecule has 2 aliphatic heterocycles. The zero-order valence-electron chi connectivity index (χ0n) is 12.0. The number of benzene rings is 1. The maximum atomic E-state index is 11.5. The number of hydrogen-bond donors (Lipinski definition) is 2. The molecule has 21 heavy (non-hydrogen) atoms. The maximum Gasteiger partial charge on any atom is 0.338 e.